The number of hydrogen-bond acceptors (Lipinski definition) is 2. The number of aromatic carboxylic acids is 1. The Balaban J connectivity index is 2.86. The molecule has 0 heterocycles. The van der Waals surface area contributed by atoms with Crippen LogP contribution in [0.25, 0.3) is 0 Å². The first-order chi connectivity index (χ1) is 8.45. The second-order valence-corrected chi connectivity index (χ2v) is 3.77. The van der Waals surface area contributed by atoms with E-state index in [1.807, 2.05) is 0 Å². The van der Waals surface area contributed by atoms with Gasteiger partial charge in [-0.1, -0.05) is 12.0 Å². The van der Waals surface area contributed by atoms with Crippen molar-refractivity contribution >= 4 is 17.7 Å². The van der Waals surface area contributed by atoms with Crippen LogP contribution in [-0.4, -0.2) is 23.1 Å². The van der Waals surface area contributed by atoms with Crippen molar-refractivity contribution < 1.29 is 14.7 Å². The van der Waals surface area contributed by atoms with E-state index < -0.39 is 18.0 Å². The van der Waals surface area contributed by atoms with Gasteiger partial charge in [-0.15, -0.1) is 6.42 Å². The van der Waals surface area contributed by atoms with Crippen molar-refractivity contribution in [3.63, 3.8) is 0 Å². The topological polar surface area (TPSA) is 78.4 Å². The number of benzene rings is 1. The molecular weight excluding hydrogens is 232 g/mol. The van der Waals surface area contributed by atoms with Crippen LogP contribution in [0.4, 0.5) is 10.5 Å². The van der Waals surface area contributed by atoms with Gasteiger partial charge in [-0.3, -0.25) is 0 Å². The summed E-state index contributed by atoms with van der Waals surface area (Å²) in [6, 6.07) is 3.81. The monoisotopic (exact) mass is 246 g/mol. The number of rotatable bonds is 3. The van der Waals surface area contributed by atoms with Gasteiger partial charge in [-0.2, -0.15) is 0 Å². The fourth-order valence-corrected chi connectivity index (χ4v) is 1.40. The number of urea groups is 1. The molecular formula is C13H14N2O3. The Morgan fingerprint density at radius 1 is 1.44 bits per heavy atom. The molecule has 0 fully saturated rings. The van der Waals surface area contributed by atoms with Gasteiger partial charge in [-0.25, -0.2) is 9.59 Å². The Morgan fingerprint density at radius 2 is 2.11 bits per heavy atom. The lowest BCUT2D eigenvalue weighted by molar-refractivity contribution is 0.0696. The fourth-order valence-electron chi connectivity index (χ4n) is 1.40. The van der Waals surface area contributed by atoms with Crippen molar-refractivity contribution in [3.8, 4) is 12.3 Å². The Kier molecular flexibility index (Phi) is 4.33. The number of carbonyl (C=O) groups is 2. The SMILES string of the molecule is C#CC(C)NC(=O)Nc1cccc(C(=O)O)c1C. The minimum atomic E-state index is -1.03. The zero-order valence-corrected chi connectivity index (χ0v) is 10.2. The molecule has 0 saturated carbocycles. The number of nitrogens with one attached hydrogen (secondary N) is 2. The second-order valence-electron chi connectivity index (χ2n) is 3.77. The number of amides is 2. The first kappa shape index (κ1) is 13.6. The van der Waals surface area contributed by atoms with Crippen LogP contribution in [-0.2, 0) is 0 Å². The van der Waals surface area contributed by atoms with Crippen molar-refractivity contribution in [1.82, 2.24) is 5.32 Å². The van der Waals surface area contributed by atoms with Gasteiger partial charge in [0.1, 0.15) is 0 Å². The van der Waals surface area contributed by atoms with E-state index in [1.165, 1.54) is 6.07 Å². The zero-order chi connectivity index (χ0) is 13.7. The maximum atomic E-state index is 11.5. The van der Waals surface area contributed by atoms with E-state index in [4.69, 9.17) is 11.5 Å². The summed E-state index contributed by atoms with van der Waals surface area (Å²) in [5.41, 5.74) is 1.09. The molecule has 2 amide bonds. The molecule has 5 heteroatoms. The number of carboxylic acids is 1. The third kappa shape index (κ3) is 3.25. The average Bonchev–Trinajstić information content (AvgIpc) is 2.31. The molecule has 1 atom stereocenters. The summed E-state index contributed by atoms with van der Waals surface area (Å²) >= 11 is 0. The molecule has 0 aliphatic carbocycles. The standard InChI is InChI=1S/C13H14N2O3/c1-4-8(2)14-13(18)15-11-7-5-6-10(9(11)3)12(16)17/h1,5-8H,2-3H3,(H,16,17)(H2,14,15,18). The van der Waals surface area contributed by atoms with Gasteiger partial charge in [-0.05, 0) is 31.5 Å². The van der Waals surface area contributed by atoms with Gasteiger partial charge in [0.05, 0.1) is 11.6 Å². The van der Waals surface area contributed by atoms with Crippen molar-refractivity contribution in [1.29, 1.82) is 0 Å². The summed E-state index contributed by atoms with van der Waals surface area (Å²) in [6.45, 7) is 3.30. The van der Waals surface area contributed by atoms with Crippen molar-refractivity contribution in [3.05, 3.63) is 29.3 Å². The summed E-state index contributed by atoms with van der Waals surface area (Å²) in [7, 11) is 0. The number of carboxylic acid groups (broad SMARTS) is 1. The van der Waals surface area contributed by atoms with Gasteiger partial charge in [0.2, 0.25) is 0 Å². The predicted molar refractivity (Wildman–Crippen MR) is 68.6 cm³/mol. The quantitative estimate of drug-likeness (QED) is 0.712. The predicted octanol–water partition coefficient (Wildman–Crippen LogP) is 1.84. The second kappa shape index (κ2) is 5.73. The van der Waals surface area contributed by atoms with E-state index >= 15 is 0 Å². The van der Waals surface area contributed by atoms with E-state index in [0.717, 1.165) is 0 Å². The van der Waals surface area contributed by atoms with E-state index in [1.54, 1.807) is 26.0 Å². The van der Waals surface area contributed by atoms with E-state index in [-0.39, 0.29) is 5.56 Å². The summed E-state index contributed by atoms with van der Waals surface area (Å²) < 4.78 is 0. The molecule has 0 aromatic heterocycles. The average molecular weight is 246 g/mol. The molecule has 18 heavy (non-hydrogen) atoms. The molecule has 0 radical (unpaired) electrons. The summed E-state index contributed by atoms with van der Waals surface area (Å²) in [6.07, 6.45) is 5.14. The molecule has 0 aliphatic rings. The van der Waals surface area contributed by atoms with Crippen molar-refractivity contribution in [2.75, 3.05) is 5.32 Å². The minimum Gasteiger partial charge on any atom is -0.478 e. The lowest BCUT2D eigenvalue weighted by Gasteiger charge is -2.12. The molecule has 3 N–H and O–H groups in total. The van der Waals surface area contributed by atoms with E-state index in [2.05, 4.69) is 16.6 Å². The van der Waals surface area contributed by atoms with Crippen LogP contribution in [0.2, 0.25) is 0 Å². The van der Waals surface area contributed by atoms with Crippen LogP contribution < -0.4 is 10.6 Å². The Bertz CT molecular complexity index is 517. The highest BCUT2D eigenvalue weighted by molar-refractivity contribution is 5.95. The first-order valence-corrected chi connectivity index (χ1v) is 5.32. The third-order valence-corrected chi connectivity index (χ3v) is 2.41. The van der Waals surface area contributed by atoms with E-state index in [9.17, 15) is 9.59 Å². The summed E-state index contributed by atoms with van der Waals surface area (Å²) in [4.78, 5) is 22.5. The highest BCUT2D eigenvalue weighted by atomic mass is 16.4. The number of terminal acetylenes is 1. The minimum absolute atomic E-state index is 0.151. The van der Waals surface area contributed by atoms with Gasteiger partial charge in [0.15, 0.2) is 0 Å². The number of anilines is 1. The highest BCUT2D eigenvalue weighted by Crippen LogP contribution is 2.18. The Labute approximate surface area is 105 Å². The molecule has 1 rings (SSSR count). The van der Waals surface area contributed by atoms with Crippen molar-refractivity contribution in [2.45, 2.75) is 19.9 Å². The summed E-state index contributed by atoms with van der Waals surface area (Å²) in [5, 5.41) is 14.0. The third-order valence-electron chi connectivity index (χ3n) is 2.41. The van der Waals surface area contributed by atoms with Crippen LogP contribution in [0, 0.1) is 19.3 Å². The molecule has 0 spiro atoms. The van der Waals surface area contributed by atoms with Crippen LogP contribution in [0.5, 0.6) is 0 Å². The van der Waals surface area contributed by atoms with Crippen LogP contribution >= 0.6 is 0 Å². The molecule has 0 bridgehead atoms. The molecule has 1 aromatic carbocycles. The maximum Gasteiger partial charge on any atom is 0.336 e. The highest BCUT2D eigenvalue weighted by Gasteiger charge is 2.12. The lowest BCUT2D eigenvalue weighted by Crippen LogP contribution is -2.35. The fraction of sp³-hybridized carbons (Fsp3) is 0.231. The summed E-state index contributed by atoms with van der Waals surface area (Å²) in [5.74, 6) is 1.33. The molecule has 94 valence electrons. The molecule has 0 aliphatic heterocycles. The smallest absolute Gasteiger partial charge is 0.336 e. The van der Waals surface area contributed by atoms with Gasteiger partial charge in [0.25, 0.3) is 0 Å². The van der Waals surface area contributed by atoms with Crippen LogP contribution in [0.15, 0.2) is 18.2 Å². The van der Waals surface area contributed by atoms with Gasteiger partial charge < -0.3 is 15.7 Å². The number of hydrogen-bond donors (Lipinski definition) is 3. The number of carbonyl (C=O) groups excluding carboxylic acids is 1. The Hall–Kier alpha value is -2.48. The molecule has 0 saturated heterocycles. The lowest BCUT2D eigenvalue weighted by atomic mass is 10.1. The van der Waals surface area contributed by atoms with Gasteiger partial charge in [0, 0.05) is 5.69 Å². The molecule has 1 aromatic rings. The van der Waals surface area contributed by atoms with Crippen LogP contribution in [0.1, 0.15) is 22.8 Å². The first-order valence-electron chi connectivity index (χ1n) is 5.32. The van der Waals surface area contributed by atoms with Gasteiger partial charge >= 0.3 is 12.0 Å². The molecule has 5 nitrogen and oxygen atoms in total. The zero-order valence-electron chi connectivity index (χ0n) is 10.2. The maximum absolute atomic E-state index is 11.5. The normalized spacial score (nSPS) is 11.2. The Morgan fingerprint density at radius 3 is 2.67 bits per heavy atom. The van der Waals surface area contributed by atoms with Crippen LogP contribution in [0.3, 0.4) is 0 Å². The largest absolute Gasteiger partial charge is 0.478 e. The molecule has 1 unspecified atom stereocenters. The van der Waals surface area contributed by atoms with Crippen molar-refractivity contribution in [2.24, 2.45) is 0 Å². The van der Waals surface area contributed by atoms with E-state index in [0.29, 0.717) is 11.3 Å².